The Morgan fingerprint density at radius 3 is 2.30 bits per heavy atom. The van der Waals surface area contributed by atoms with E-state index in [9.17, 15) is 13.9 Å². The summed E-state index contributed by atoms with van der Waals surface area (Å²) in [7, 11) is 2.77. The van der Waals surface area contributed by atoms with E-state index >= 15 is 0 Å². The zero-order chi connectivity index (χ0) is 16.8. The summed E-state index contributed by atoms with van der Waals surface area (Å²) in [6.07, 6.45) is 3.49. The molecule has 2 N–H and O–H groups in total. The minimum Gasteiger partial charge on any atom is -0.493 e. The van der Waals surface area contributed by atoms with E-state index in [4.69, 9.17) is 9.47 Å². The van der Waals surface area contributed by atoms with Gasteiger partial charge < -0.3 is 24.6 Å². The minimum absolute atomic E-state index is 0.0396. The molecule has 0 heterocycles. The Labute approximate surface area is 134 Å². The fourth-order valence-electron chi connectivity index (χ4n) is 2.84. The van der Waals surface area contributed by atoms with E-state index in [1.54, 1.807) is 12.1 Å². The molecule has 0 spiro atoms. The molecule has 0 bridgehead atoms. The highest BCUT2D eigenvalue weighted by Gasteiger charge is 2.23. The first-order valence-corrected chi connectivity index (χ1v) is 7.66. The summed E-state index contributed by atoms with van der Waals surface area (Å²) in [4.78, 5) is 0. The van der Waals surface area contributed by atoms with Crippen molar-refractivity contribution in [2.45, 2.75) is 51.0 Å². The summed E-state index contributed by atoms with van der Waals surface area (Å²) < 4.78 is 39.8. The Kier molecular flexibility index (Phi) is 6.41. The average molecular weight is 331 g/mol. The largest absolute Gasteiger partial charge is 0.493 e. The first-order valence-electron chi connectivity index (χ1n) is 7.66. The highest BCUT2D eigenvalue weighted by atomic mass is 19.3. The van der Waals surface area contributed by atoms with Gasteiger partial charge in [0.1, 0.15) is 0 Å². The molecule has 1 aromatic carbocycles. The number of hydrogen-bond donors (Lipinski definition) is 2. The van der Waals surface area contributed by atoms with Gasteiger partial charge in [0.15, 0.2) is 11.5 Å². The Morgan fingerprint density at radius 2 is 1.78 bits per heavy atom. The molecular weight excluding hydrogens is 308 g/mol. The molecule has 1 aromatic rings. The van der Waals surface area contributed by atoms with Gasteiger partial charge in [0, 0.05) is 12.6 Å². The van der Waals surface area contributed by atoms with Gasteiger partial charge in [-0.05, 0) is 30.5 Å². The van der Waals surface area contributed by atoms with E-state index in [1.165, 1.54) is 14.2 Å². The van der Waals surface area contributed by atoms with Crippen molar-refractivity contribution in [2.24, 2.45) is 0 Å². The van der Waals surface area contributed by atoms with Crippen LogP contribution in [0.25, 0.3) is 0 Å². The number of hydrogen-bond acceptors (Lipinski definition) is 5. The van der Waals surface area contributed by atoms with Crippen LogP contribution in [-0.4, -0.2) is 38.1 Å². The molecule has 1 saturated carbocycles. The second kappa shape index (κ2) is 8.31. The molecule has 0 aliphatic heterocycles. The Bertz CT molecular complexity index is 488. The number of alkyl halides is 2. The van der Waals surface area contributed by atoms with Crippen molar-refractivity contribution < 1.29 is 28.1 Å². The molecule has 1 aliphatic rings. The molecule has 0 saturated heterocycles. The van der Waals surface area contributed by atoms with Gasteiger partial charge in [-0.2, -0.15) is 8.78 Å². The number of methoxy groups -OCH3 is 2. The summed E-state index contributed by atoms with van der Waals surface area (Å²) in [6, 6.07) is 3.29. The van der Waals surface area contributed by atoms with Crippen molar-refractivity contribution >= 4 is 0 Å². The van der Waals surface area contributed by atoms with Crippen molar-refractivity contribution in [1.29, 1.82) is 0 Å². The minimum atomic E-state index is -2.96. The average Bonchev–Trinajstić information content (AvgIpc) is 2.54. The topological polar surface area (TPSA) is 60.0 Å². The lowest BCUT2D eigenvalue weighted by Crippen LogP contribution is -2.41. The third-order valence-electron chi connectivity index (χ3n) is 4.03. The molecule has 2 atom stereocenters. The third-order valence-corrected chi connectivity index (χ3v) is 4.03. The molecule has 2 unspecified atom stereocenters. The van der Waals surface area contributed by atoms with Crippen LogP contribution in [0.1, 0.15) is 31.2 Å². The van der Waals surface area contributed by atoms with E-state index in [0.29, 0.717) is 6.54 Å². The zero-order valence-corrected chi connectivity index (χ0v) is 13.4. The lowest BCUT2D eigenvalue weighted by molar-refractivity contribution is -0.0526. The van der Waals surface area contributed by atoms with Crippen LogP contribution in [0.15, 0.2) is 12.1 Å². The van der Waals surface area contributed by atoms with Gasteiger partial charge >= 0.3 is 6.61 Å². The number of benzene rings is 1. The van der Waals surface area contributed by atoms with Gasteiger partial charge in [0.2, 0.25) is 5.75 Å². The lowest BCUT2D eigenvalue weighted by atomic mass is 9.92. The molecule has 1 aliphatic carbocycles. The highest BCUT2D eigenvalue weighted by Crippen LogP contribution is 2.39. The lowest BCUT2D eigenvalue weighted by Gasteiger charge is -2.28. The monoisotopic (exact) mass is 331 g/mol. The van der Waals surface area contributed by atoms with Gasteiger partial charge in [-0.3, -0.25) is 0 Å². The van der Waals surface area contributed by atoms with E-state index in [2.05, 4.69) is 10.1 Å². The van der Waals surface area contributed by atoms with Crippen LogP contribution >= 0.6 is 0 Å². The molecular formula is C16H23F2NO4. The van der Waals surface area contributed by atoms with E-state index in [1.807, 2.05) is 0 Å². The number of halogens is 2. The maximum absolute atomic E-state index is 12.5. The first kappa shape index (κ1) is 17.7. The van der Waals surface area contributed by atoms with Crippen LogP contribution in [0.5, 0.6) is 17.2 Å². The predicted octanol–water partition coefficient (Wildman–Crippen LogP) is 2.70. The van der Waals surface area contributed by atoms with Crippen LogP contribution in [0.4, 0.5) is 8.78 Å². The van der Waals surface area contributed by atoms with Gasteiger partial charge in [0.05, 0.1) is 20.3 Å². The Balaban J connectivity index is 2.12. The summed E-state index contributed by atoms with van der Waals surface area (Å²) in [5.41, 5.74) is 0.804. The van der Waals surface area contributed by atoms with E-state index in [0.717, 1.165) is 31.2 Å². The maximum atomic E-state index is 12.5. The number of ether oxygens (including phenoxy) is 3. The molecule has 0 amide bonds. The fourth-order valence-corrected chi connectivity index (χ4v) is 2.84. The molecule has 130 valence electrons. The van der Waals surface area contributed by atoms with Gasteiger partial charge in [-0.15, -0.1) is 0 Å². The second-order valence-corrected chi connectivity index (χ2v) is 5.55. The summed E-state index contributed by atoms with van der Waals surface area (Å²) >= 11 is 0. The van der Waals surface area contributed by atoms with Crippen molar-refractivity contribution in [3.63, 3.8) is 0 Å². The number of rotatable bonds is 7. The van der Waals surface area contributed by atoms with Crippen LogP contribution in [0, 0.1) is 0 Å². The normalized spacial score (nSPS) is 21.3. The van der Waals surface area contributed by atoms with Crippen molar-refractivity contribution in [3.8, 4) is 17.2 Å². The molecule has 2 rings (SSSR count). The van der Waals surface area contributed by atoms with Crippen molar-refractivity contribution in [3.05, 3.63) is 17.7 Å². The Morgan fingerprint density at radius 1 is 1.17 bits per heavy atom. The van der Waals surface area contributed by atoms with E-state index in [-0.39, 0.29) is 29.4 Å². The Hall–Kier alpha value is -1.60. The molecule has 7 heteroatoms. The van der Waals surface area contributed by atoms with Crippen LogP contribution in [0.2, 0.25) is 0 Å². The smallest absolute Gasteiger partial charge is 0.387 e. The molecule has 5 nitrogen and oxygen atoms in total. The maximum Gasteiger partial charge on any atom is 0.387 e. The van der Waals surface area contributed by atoms with Crippen LogP contribution < -0.4 is 19.5 Å². The SMILES string of the molecule is COc1cc(CNC2CCCCC2O)cc(OC)c1OC(F)F. The standard InChI is InChI=1S/C16H23F2NO4/c1-21-13-7-10(8-14(22-2)15(13)23-16(17)18)9-19-11-5-3-4-6-12(11)20/h7-8,11-12,16,19-20H,3-6,9H2,1-2H3. The van der Waals surface area contributed by atoms with Crippen molar-refractivity contribution in [1.82, 2.24) is 5.32 Å². The second-order valence-electron chi connectivity index (χ2n) is 5.55. The summed E-state index contributed by atoms with van der Waals surface area (Å²) in [5.74, 6) is 0.253. The molecule has 1 fully saturated rings. The quantitative estimate of drug-likeness (QED) is 0.804. The fraction of sp³-hybridized carbons (Fsp3) is 0.625. The number of aliphatic hydroxyl groups excluding tert-OH is 1. The van der Waals surface area contributed by atoms with Gasteiger partial charge in [0.25, 0.3) is 0 Å². The predicted molar refractivity (Wildman–Crippen MR) is 81.3 cm³/mol. The van der Waals surface area contributed by atoms with Gasteiger partial charge in [-0.25, -0.2) is 0 Å². The van der Waals surface area contributed by atoms with Crippen LogP contribution in [-0.2, 0) is 6.54 Å². The summed E-state index contributed by atoms with van der Waals surface area (Å²) in [5, 5.41) is 13.3. The van der Waals surface area contributed by atoms with Crippen LogP contribution in [0.3, 0.4) is 0 Å². The molecule has 0 aromatic heterocycles. The molecule has 0 radical (unpaired) electrons. The number of nitrogens with one attached hydrogen (secondary N) is 1. The highest BCUT2D eigenvalue weighted by molar-refractivity contribution is 5.53. The first-order chi connectivity index (χ1) is 11.0. The van der Waals surface area contributed by atoms with E-state index < -0.39 is 6.61 Å². The van der Waals surface area contributed by atoms with Crippen molar-refractivity contribution in [2.75, 3.05) is 14.2 Å². The van der Waals surface area contributed by atoms with Gasteiger partial charge in [-0.1, -0.05) is 12.8 Å². The third kappa shape index (κ3) is 4.68. The molecule has 23 heavy (non-hydrogen) atoms. The zero-order valence-electron chi connectivity index (χ0n) is 13.4. The number of aliphatic hydroxyl groups is 1. The summed E-state index contributed by atoms with van der Waals surface area (Å²) in [6.45, 7) is -2.48.